The van der Waals surface area contributed by atoms with Crippen molar-refractivity contribution in [2.75, 3.05) is 20.1 Å². The molecule has 1 atom stereocenters. The minimum absolute atomic E-state index is 0. The normalized spacial score (nSPS) is 15.9. The molecule has 2 rings (SSSR count). The van der Waals surface area contributed by atoms with Gasteiger partial charge in [-0.2, -0.15) is 0 Å². The maximum atomic E-state index is 13.0. The van der Waals surface area contributed by atoms with Crippen molar-refractivity contribution in [3.05, 3.63) is 30.1 Å². The van der Waals surface area contributed by atoms with Crippen molar-refractivity contribution in [2.24, 2.45) is 10.9 Å². The van der Waals surface area contributed by atoms with Gasteiger partial charge in [0, 0.05) is 19.7 Å². The van der Waals surface area contributed by atoms with Crippen LogP contribution >= 0.6 is 24.0 Å². The summed E-state index contributed by atoms with van der Waals surface area (Å²) in [4.78, 5) is 4.16. The first kappa shape index (κ1) is 18.0. The van der Waals surface area contributed by atoms with E-state index in [1.54, 1.807) is 19.2 Å². The molecule has 0 heterocycles. The molecule has 4 nitrogen and oxygen atoms in total. The molecule has 1 aromatic rings. The van der Waals surface area contributed by atoms with E-state index < -0.39 is 0 Å². The molecule has 0 saturated heterocycles. The number of hydrogen-bond acceptors (Lipinski definition) is 2. The second-order valence-corrected chi connectivity index (χ2v) is 5.16. The summed E-state index contributed by atoms with van der Waals surface area (Å²) in [7, 11) is 1.75. The Balaban J connectivity index is 0.00000220. The number of halogens is 2. The number of hydrogen-bond donors (Lipinski definition) is 2. The summed E-state index contributed by atoms with van der Waals surface area (Å²) in [5, 5.41) is 6.49. The van der Waals surface area contributed by atoms with Crippen LogP contribution in [0.5, 0.6) is 5.75 Å². The van der Waals surface area contributed by atoms with Gasteiger partial charge in [0.15, 0.2) is 5.96 Å². The third kappa shape index (κ3) is 6.97. The van der Waals surface area contributed by atoms with Crippen molar-refractivity contribution in [3.63, 3.8) is 0 Å². The zero-order valence-electron chi connectivity index (χ0n) is 12.4. The molecule has 1 fully saturated rings. The highest BCUT2D eigenvalue weighted by Gasteiger charge is 2.21. The zero-order valence-corrected chi connectivity index (χ0v) is 14.8. The number of guanidine groups is 1. The largest absolute Gasteiger partial charge is 0.489 e. The molecule has 2 N–H and O–H groups in total. The minimum Gasteiger partial charge on any atom is -0.489 e. The standard InChI is InChI=1S/C15H22FN3O.HI/c1-11(20-14-5-3-4-13(16)8-14)9-18-15(17-2)19-10-12-6-7-12;/h3-5,8,11-12H,6-7,9-10H2,1-2H3,(H2,17,18,19);1H. The minimum atomic E-state index is -0.287. The van der Waals surface area contributed by atoms with Crippen LogP contribution in [0.1, 0.15) is 19.8 Å². The predicted octanol–water partition coefficient (Wildman–Crippen LogP) is 2.79. The van der Waals surface area contributed by atoms with E-state index in [1.807, 2.05) is 6.92 Å². The summed E-state index contributed by atoms with van der Waals surface area (Å²) in [6.45, 7) is 3.52. The van der Waals surface area contributed by atoms with E-state index in [0.29, 0.717) is 12.3 Å². The second kappa shape index (κ2) is 9.07. The third-order valence-electron chi connectivity index (χ3n) is 3.17. The summed E-state index contributed by atoms with van der Waals surface area (Å²) >= 11 is 0. The SMILES string of the molecule is CN=C(NCC1CC1)NCC(C)Oc1cccc(F)c1.I. The molecule has 1 aliphatic carbocycles. The second-order valence-electron chi connectivity index (χ2n) is 5.16. The molecule has 1 aliphatic rings. The van der Waals surface area contributed by atoms with Crippen molar-refractivity contribution in [3.8, 4) is 5.75 Å². The summed E-state index contributed by atoms with van der Waals surface area (Å²) < 4.78 is 18.7. The van der Waals surface area contributed by atoms with Crippen LogP contribution in [-0.4, -0.2) is 32.2 Å². The van der Waals surface area contributed by atoms with Gasteiger partial charge in [0.05, 0.1) is 6.54 Å². The van der Waals surface area contributed by atoms with Crippen LogP contribution in [0.4, 0.5) is 4.39 Å². The molecule has 0 aromatic heterocycles. The van der Waals surface area contributed by atoms with Crippen LogP contribution in [0.2, 0.25) is 0 Å². The van der Waals surface area contributed by atoms with E-state index in [0.717, 1.165) is 18.4 Å². The van der Waals surface area contributed by atoms with Gasteiger partial charge in [0.2, 0.25) is 0 Å². The molecule has 0 spiro atoms. The van der Waals surface area contributed by atoms with Crippen LogP contribution < -0.4 is 15.4 Å². The monoisotopic (exact) mass is 407 g/mol. The van der Waals surface area contributed by atoms with Gasteiger partial charge >= 0.3 is 0 Å². The molecule has 1 aromatic carbocycles. The Morgan fingerprint density at radius 1 is 1.43 bits per heavy atom. The number of aliphatic imine (C=N–C) groups is 1. The zero-order chi connectivity index (χ0) is 14.4. The molecular weight excluding hydrogens is 384 g/mol. The van der Waals surface area contributed by atoms with Crippen molar-refractivity contribution >= 4 is 29.9 Å². The average Bonchev–Trinajstić information content (AvgIpc) is 3.23. The summed E-state index contributed by atoms with van der Waals surface area (Å²) in [5.41, 5.74) is 0. The fourth-order valence-corrected chi connectivity index (χ4v) is 1.84. The lowest BCUT2D eigenvalue weighted by atomic mass is 10.3. The van der Waals surface area contributed by atoms with Crippen molar-refractivity contribution in [2.45, 2.75) is 25.9 Å². The van der Waals surface area contributed by atoms with Crippen LogP contribution in [0, 0.1) is 11.7 Å². The Kier molecular flexibility index (Phi) is 7.77. The quantitative estimate of drug-likeness (QED) is 0.433. The smallest absolute Gasteiger partial charge is 0.191 e. The Morgan fingerprint density at radius 3 is 2.81 bits per heavy atom. The highest BCUT2D eigenvalue weighted by molar-refractivity contribution is 14.0. The highest BCUT2D eigenvalue weighted by atomic mass is 127. The van der Waals surface area contributed by atoms with Crippen LogP contribution in [0.15, 0.2) is 29.3 Å². The first-order chi connectivity index (χ1) is 9.67. The molecule has 0 aliphatic heterocycles. The fourth-order valence-electron chi connectivity index (χ4n) is 1.84. The number of rotatable bonds is 6. The molecule has 0 radical (unpaired) electrons. The highest BCUT2D eigenvalue weighted by Crippen LogP contribution is 2.27. The van der Waals surface area contributed by atoms with Crippen molar-refractivity contribution < 1.29 is 9.13 Å². The lowest BCUT2D eigenvalue weighted by Crippen LogP contribution is -2.42. The van der Waals surface area contributed by atoms with Crippen molar-refractivity contribution in [1.29, 1.82) is 0 Å². The lowest BCUT2D eigenvalue weighted by molar-refractivity contribution is 0.223. The number of nitrogens with one attached hydrogen (secondary N) is 2. The molecule has 1 unspecified atom stereocenters. The van der Waals surface area contributed by atoms with Gasteiger partial charge in [-0.15, -0.1) is 24.0 Å². The number of nitrogens with zero attached hydrogens (tertiary/aromatic N) is 1. The number of ether oxygens (including phenoxy) is 1. The van der Waals surface area contributed by atoms with Gasteiger partial charge in [-0.1, -0.05) is 6.07 Å². The topological polar surface area (TPSA) is 45.7 Å². The van der Waals surface area contributed by atoms with Gasteiger partial charge in [-0.05, 0) is 37.8 Å². The molecule has 0 amide bonds. The fraction of sp³-hybridized carbons (Fsp3) is 0.533. The first-order valence-electron chi connectivity index (χ1n) is 7.04. The Morgan fingerprint density at radius 2 is 2.19 bits per heavy atom. The number of benzene rings is 1. The summed E-state index contributed by atoms with van der Waals surface area (Å²) in [6, 6.07) is 6.18. The van der Waals surface area contributed by atoms with Gasteiger partial charge in [-0.3, -0.25) is 4.99 Å². The predicted molar refractivity (Wildman–Crippen MR) is 94.0 cm³/mol. The molecule has 21 heavy (non-hydrogen) atoms. The molecule has 6 heteroatoms. The van der Waals surface area contributed by atoms with Crippen LogP contribution in [0.25, 0.3) is 0 Å². The molecular formula is C15H23FIN3O. The molecule has 0 bridgehead atoms. The van der Waals surface area contributed by atoms with E-state index in [9.17, 15) is 4.39 Å². The van der Waals surface area contributed by atoms with Gasteiger partial charge in [0.25, 0.3) is 0 Å². The van der Waals surface area contributed by atoms with E-state index in [1.165, 1.54) is 25.0 Å². The maximum absolute atomic E-state index is 13.0. The maximum Gasteiger partial charge on any atom is 0.191 e. The lowest BCUT2D eigenvalue weighted by Gasteiger charge is -2.17. The van der Waals surface area contributed by atoms with E-state index in [4.69, 9.17) is 4.74 Å². The van der Waals surface area contributed by atoms with E-state index in [-0.39, 0.29) is 35.9 Å². The average molecular weight is 407 g/mol. The van der Waals surface area contributed by atoms with E-state index in [2.05, 4.69) is 15.6 Å². The first-order valence-corrected chi connectivity index (χ1v) is 7.04. The van der Waals surface area contributed by atoms with Gasteiger partial charge in [0.1, 0.15) is 17.7 Å². The van der Waals surface area contributed by atoms with Crippen LogP contribution in [-0.2, 0) is 0 Å². The summed E-state index contributed by atoms with van der Waals surface area (Å²) in [5.74, 6) is 1.84. The Hall–Kier alpha value is -1.05. The van der Waals surface area contributed by atoms with Crippen LogP contribution in [0.3, 0.4) is 0 Å². The molecule has 118 valence electrons. The van der Waals surface area contributed by atoms with E-state index >= 15 is 0 Å². The summed E-state index contributed by atoms with van der Waals surface area (Å²) in [6.07, 6.45) is 2.54. The molecule has 1 saturated carbocycles. The van der Waals surface area contributed by atoms with Gasteiger partial charge < -0.3 is 15.4 Å². The Bertz CT molecular complexity index is 466. The van der Waals surface area contributed by atoms with Gasteiger partial charge in [-0.25, -0.2) is 4.39 Å². The third-order valence-corrected chi connectivity index (χ3v) is 3.17. The van der Waals surface area contributed by atoms with Crippen molar-refractivity contribution in [1.82, 2.24) is 10.6 Å². The Labute approximate surface area is 142 Å².